The van der Waals surface area contributed by atoms with Crippen molar-refractivity contribution >= 4 is 17.5 Å². The maximum Gasteiger partial charge on any atom is 0.226 e. The molecule has 1 amide bonds. The number of amides is 1. The minimum atomic E-state index is 0.110. The van der Waals surface area contributed by atoms with E-state index >= 15 is 0 Å². The molecule has 0 saturated carbocycles. The Labute approximate surface area is 154 Å². The number of benzene rings is 1. The van der Waals surface area contributed by atoms with Crippen molar-refractivity contribution in [1.29, 1.82) is 0 Å². The Balaban J connectivity index is 1.70. The highest BCUT2D eigenvalue weighted by Gasteiger charge is 2.30. The van der Waals surface area contributed by atoms with Crippen molar-refractivity contribution in [2.24, 2.45) is 5.92 Å². The molecule has 6 heteroatoms. The fourth-order valence-corrected chi connectivity index (χ4v) is 4.19. The Kier molecular flexibility index (Phi) is 6.07. The van der Waals surface area contributed by atoms with Crippen molar-refractivity contribution in [2.75, 3.05) is 40.4 Å². The standard InChI is InChI=1S/C19H27ClN2O3/c1-24-17-11-16(20)10-15(18(17)25-2)13-21-7-5-6-14(12-21)19(23)22-8-3-4-9-22/h10-11,14H,3-9,12-13H2,1-2H3/t14-/m0/s1. The highest BCUT2D eigenvalue weighted by atomic mass is 35.5. The van der Waals surface area contributed by atoms with Gasteiger partial charge in [0.1, 0.15) is 0 Å². The summed E-state index contributed by atoms with van der Waals surface area (Å²) in [6, 6.07) is 3.69. The first kappa shape index (κ1) is 18.3. The molecule has 2 heterocycles. The molecular weight excluding hydrogens is 340 g/mol. The lowest BCUT2D eigenvalue weighted by Gasteiger charge is -2.34. The number of halogens is 1. The average molecular weight is 367 g/mol. The summed E-state index contributed by atoms with van der Waals surface area (Å²) in [6.07, 6.45) is 4.31. The van der Waals surface area contributed by atoms with Gasteiger partial charge in [0.25, 0.3) is 0 Å². The van der Waals surface area contributed by atoms with Crippen molar-refractivity contribution in [3.8, 4) is 11.5 Å². The smallest absolute Gasteiger partial charge is 0.226 e. The van der Waals surface area contributed by atoms with Crippen LogP contribution in [0.3, 0.4) is 0 Å². The molecule has 2 aliphatic rings. The average Bonchev–Trinajstić information content (AvgIpc) is 3.15. The first-order valence-electron chi connectivity index (χ1n) is 9.04. The summed E-state index contributed by atoms with van der Waals surface area (Å²) < 4.78 is 10.9. The second kappa shape index (κ2) is 8.28. The number of carbonyl (C=O) groups is 1. The molecule has 5 nitrogen and oxygen atoms in total. The Hall–Kier alpha value is -1.46. The van der Waals surface area contributed by atoms with Crippen LogP contribution in [0.1, 0.15) is 31.2 Å². The van der Waals surface area contributed by atoms with Crippen LogP contribution >= 0.6 is 11.6 Å². The normalized spacial score (nSPS) is 21.4. The lowest BCUT2D eigenvalue weighted by molar-refractivity contribution is -0.136. The minimum absolute atomic E-state index is 0.110. The first-order valence-corrected chi connectivity index (χ1v) is 9.41. The first-order chi connectivity index (χ1) is 12.1. The van der Waals surface area contributed by atoms with Gasteiger partial charge in [0.15, 0.2) is 11.5 Å². The van der Waals surface area contributed by atoms with Crippen molar-refractivity contribution < 1.29 is 14.3 Å². The van der Waals surface area contributed by atoms with Gasteiger partial charge in [-0.15, -0.1) is 0 Å². The lowest BCUT2D eigenvalue weighted by atomic mass is 9.96. The third kappa shape index (κ3) is 4.21. The molecule has 0 radical (unpaired) electrons. The van der Waals surface area contributed by atoms with Crippen LogP contribution in [-0.4, -0.2) is 56.1 Å². The molecule has 2 fully saturated rings. The maximum absolute atomic E-state index is 12.7. The number of methoxy groups -OCH3 is 2. The number of rotatable bonds is 5. The third-order valence-corrected chi connectivity index (χ3v) is 5.41. The highest BCUT2D eigenvalue weighted by molar-refractivity contribution is 6.30. The van der Waals surface area contributed by atoms with Crippen molar-refractivity contribution in [3.63, 3.8) is 0 Å². The van der Waals surface area contributed by atoms with E-state index in [1.165, 1.54) is 0 Å². The fourth-order valence-electron chi connectivity index (χ4n) is 3.96. The quantitative estimate of drug-likeness (QED) is 0.802. The highest BCUT2D eigenvalue weighted by Crippen LogP contribution is 2.36. The van der Waals surface area contributed by atoms with E-state index in [0.717, 1.165) is 63.2 Å². The van der Waals surface area contributed by atoms with Crippen LogP contribution in [0.25, 0.3) is 0 Å². The maximum atomic E-state index is 12.7. The number of carbonyl (C=O) groups excluding carboxylic acids is 1. The number of piperidine rings is 1. The molecule has 138 valence electrons. The van der Waals surface area contributed by atoms with E-state index in [0.29, 0.717) is 23.2 Å². The molecule has 0 N–H and O–H groups in total. The Morgan fingerprint density at radius 2 is 1.92 bits per heavy atom. The molecule has 2 saturated heterocycles. The zero-order valence-electron chi connectivity index (χ0n) is 15.1. The molecule has 0 spiro atoms. The second-order valence-electron chi connectivity index (χ2n) is 6.91. The SMILES string of the molecule is COc1cc(Cl)cc(CN2CCC[C@H](C(=O)N3CCCC3)C2)c1OC. The van der Waals surface area contributed by atoms with Crippen LogP contribution in [0.5, 0.6) is 11.5 Å². The van der Waals surface area contributed by atoms with E-state index < -0.39 is 0 Å². The molecule has 2 aliphatic heterocycles. The third-order valence-electron chi connectivity index (χ3n) is 5.19. The van der Waals surface area contributed by atoms with Crippen LogP contribution in [0.4, 0.5) is 0 Å². The topological polar surface area (TPSA) is 42.0 Å². The van der Waals surface area contributed by atoms with Gasteiger partial charge < -0.3 is 14.4 Å². The van der Waals surface area contributed by atoms with Crippen molar-refractivity contribution in [3.05, 3.63) is 22.7 Å². The van der Waals surface area contributed by atoms with E-state index in [9.17, 15) is 4.79 Å². The monoisotopic (exact) mass is 366 g/mol. The second-order valence-corrected chi connectivity index (χ2v) is 7.34. The largest absolute Gasteiger partial charge is 0.493 e. The summed E-state index contributed by atoms with van der Waals surface area (Å²) in [7, 11) is 3.26. The summed E-state index contributed by atoms with van der Waals surface area (Å²) >= 11 is 6.23. The molecule has 0 bridgehead atoms. The van der Waals surface area contributed by atoms with Crippen LogP contribution in [-0.2, 0) is 11.3 Å². The molecule has 0 aliphatic carbocycles. The minimum Gasteiger partial charge on any atom is -0.493 e. The van der Waals surface area contributed by atoms with Gasteiger partial charge in [-0.25, -0.2) is 0 Å². The van der Waals surface area contributed by atoms with Crippen LogP contribution in [0.15, 0.2) is 12.1 Å². The van der Waals surface area contributed by atoms with Crippen LogP contribution < -0.4 is 9.47 Å². The predicted octanol–water partition coefficient (Wildman–Crippen LogP) is 3.19. The van der Waals surface area contributed by atoms with Crippen LogP contribution in [0.2, 0.25) is 5.02 Å². The van der Waals surface area contributed by atoms with Crippen molar-refractivity contribution in [1.82, 2.24) is 9.80 Å². The molecular formula is C19H27ClN2O3. The van der Waals surface area contributed by atoms with Gasteiger partial charge in [0.05, 0.1) is 20.1 Å². The fraction of sp³-hybridized carbons (Fsp3) is 0.632. The summed E-state index contributed by atoms with van der Waals surface area (Å²) in [4.78, 5) is 17.1. The molecule has 1 aromatic carbocycles. The van der Waals surface area contributed by atoms with Gasteiger partial charge >= 0.3 is 0 Å². The molecule has 0 aromatic heterocycles. The molecule has 0 unspecified atom stereocenters. The van der Waals surface area contributed by atoms with Crippen LogP contribution in [0, 0.1) is 5.92 Å². The molecule has 1 atom stereocenters. The van der Waals surface area contributed by atoms with Gasteiger partial charge in [-0.3, -0.25) is 9.69 Å². The van der Waals surface area contributed by atoms with Gasteiger partial charge in [-0.2, -0.15) is 0 Å². The van der Waals surface area contributed by atoms with Gasteiger partial charge in [-0.05, 0) is 38.3 Å². The van der Waals surface area contributed by atoms with E-state index in [-0.39, 0.29) is 5.92 Å². The Bertz CT molecular complexity index is 617. The predicted molar refractivity (Wildman–Crippen MR) is 98.4 cm³/mol. The Morgan fingerprint density at radius 1 is 1.16 bits per heavy atom. The van der Waals surface area contributed by atoms with Gasteiger partial charge in [0, 0.05) is 42.8 Å². The zero-order valence-corrected chi connectivity index (χ0v) is 15.8. The molecule has 1 aromatic rings. The Morgan fingerprint density at radius 3 is 2.60 bits per heavy atom. The number of ether oxygens (including phenoxy) is 2. The summed E-state index contributed by atoms with van der Waals surface area (Å²) in [6.45, 7) is 4.35. The number of likely N-dealkylation sites (tertiary alicyclic amines) is 2. The number of nitrogens with zero attached hydrogens (tertiary/aromatic N) is 2. The van der Waals surface area contributed by atoms with E-state index in [2.05, 4.69) is 4.90 Å². The van der Waals surface area contributed by atoms with E-state index in [4.69, 9.17) is 21.1 Å². The molecule has 3 rings (SSSR count). The number of hydrogen-bond donors (Lipinski definition) is 0. The summed E-state index contributed by atoms with van der Waals surface area (Å²) in [5, 5.41) is 0.634. The molecule has 25 heavy (non-hydrogen) atoms. The number of hydrogen-bond acceptors (Lipinski definition) is 4. The lowest BCUT2D eigenvalue weighted by Crippen LogP contribution is -2.43. The van der Waals surface area contributed by atoms with E-state index in [1.54, 1.807) is 20.3 Å². The summed E-state index contributed by atoms with van der Waals surface area (Å²) in [5.74, 6) is 1.81. The van der Waals surface area contributed by atoms with Gasteiger partial charge in [0.2, 0.25) is 5.91 Å². The zero-order chi connectivity index (χ0) is 17.8. The van der Waals surface area contributed by atoms with Crippen molar-refractivity contribution in [2.45, 2.75) is 32.2 Å². The van der Waals surface area contributed by atoms with E-state index in [1.807, 2.05) is 11.0 Å². The summed E-state index contributed by atoms with van der Waals surface area (Å²) in [5.41, 5.74) is 1.00. The van der Waals surface area contributed by atoms with Gasteiger partial charge in [-0.1, -0.05) is 11.6 Å².